The molecule has 4 N–H and O–H groups in total. The van der Waals surface area contributed by atoms with Gasteiger partial charge in [-0.15, -0.1) is 0 Å². The summed E-state index contributed by atoms with van der Waals surface area (Å²) in [7, 11) is 0. The van der Waals surface area contributed by atoms with E-state index in [1.807, 2.05) is 0 Å². The number of rotatable bonds is 4. The molecule has 13 heavy (non-hydrogen) atoms. The second kappa shape index (κ2) is 5.16. The molecule has 0 aromatic rings. The van der Waals surface area contributed by atoms with Crippen LogP contribution in [0.5, 0.6) is 0 Å². The Hall–Kier alpha value is -0.650. The third-order valence-corrected chi connectivity index (χ3v) is 2.51. The smallest absolute Gasteiger partial charge is 0.306 e. The quantitative estimate of drug-likeness (QED) is 0.398. The molecule has 1 aliphatic heterocycles. The molecule has 0 unspecified atom stereocenters. The first-order valence-electron chi connectivity index (χ1n) is 4.62. The van der Waals surface area contributed by atoms with Crippen LogP contribution >= 0.6 is 0 Å². The summed E-state index contributed by atoms with van der Waals surface area (Å²) in [5, 5.41) is 8.75. The van der Waals surface area contributed by atoms with Crippen molar-refractivity contribution in [1.82, 2.24) is 10.3 Å². The van der Waals surface area contributed by atoms with E-state index < -0.39 is 5.97 Å². The lowest BCUT2D eigenvalue weighted by atomic mass is 9.97. The number of hydrogen-bond acceptors (Lipinski definition) is 4. The van der Waals surface area contributed by atoms with Crippen LogP contribution in [-0.4, -0.2) is 42.2 Å². The average molecular weight is 187 g/mol. The fourth-order valence-corrected chi connectivity index (χ4v) is 1.63. The molecule has 0 aromatic carbocycles. The fourth-order valence-electron chi connectivity index (χ4n) is 1.63. The molecule has 76 valence electrons. The third-order valence-electron chi connectivity index (χ3n) is 2.51. The maximum atomic E-state index is 10.6. The van der Waals surface area contributed by atoms with E-state index in [4.69, 9.17) is 10.9 Å². The van der Waals surface area contributed by atoms with Crippen LogP contribution in [0.1, 0.15) is 12.8 Å². The summed E-state index contributed by atoms with van der Waals surface area (Å²) < 4.78 is 0. The number of hydrogen-bond donors (Lipinski definition) is 3. The van der Waals surface area contributed by atoms with Crippen molar-refractivity contribution in [3.63, 3.8) is 0 Å². The maximum absolute atomic E-state index is 10.6. The van der Waals surface area contributed by atoms with Crippen molar-refractivity contribution < 1.29 is 9.90 Å². The Morgan fingerprint density at radius 3 is 2.62 bits per heavy atom. The van der Waals surface area contributed by atoms with Gasteiger partial charge in [-0.1, -0.05) is 0 Å². The van der Waals surface area contributed by atoms with Crippen LogP contribution in [0, 0.1) is 5.92 Å². The normalized spacial score (nSPS) is 20.4. The highest BCUT2D eigenvalue weighted by Crippen LogP contribution is 2.16. The highest BCUT2D eigenvalue weighted by atomic mass is 16.4. The zero-order chi connectivity index (χ0) is 9.68. The van der Waals surface area contributed by atoms with E-state index in [1.54, 1.807) is 0 Å². The number of hydrazine groups is 1. The van der Waals surface area contributed by atoms with Crippen LogP contribution in [-0.2, 0) is 4.79 Å². The molecule has 0 atom stereocenters. The number of nitrogens with one attached hydrogen (secondary N) is 1. The molecule has 1 aliphatic rings. The van der Waals surface area contributed by atoms with Gasteiger partial charge in [0.1, 0.15) is 0 Å². The van der Waals surface area contributed by atoms with Gasteiger partial charge in [-0.2, -0.15) is 0 Å². The van der Waals surface area contributed by atoms with Crippen LogP contribution in [0.15, 0.2) is 0 Å². The molecule has 5 heteroatoms. The number of carboxylic acid groups (broad SMARTS) is 1. The highest BCUT2D eigenvalue weighted by Gasteiger charge is 2.23. The Morgan fingerprint density at radius 2 is 2.15 bits per heavy atom. The van der Waals surface area contributed by atoms with Gasteiger partial charge < -0.3 is 10.0 Å². The van der Waals surface area contributed by atoms with Crippen LogP contribution in [0.2, 0.25) is 0 Å². The van der Waals surface area contributed by atoms with E-state index >= 15 is 0 Å². The molecule has 1 saturated heterocycles. The van der Waals surface area contributed by atoms with E-state index in [1.165, 1.54) is 0 Å². The van der Waals surface area contributed by atoms with Crippen LogP contribution < -0.4 is 11.3 Å². The molecule has 0 aliphatic carbocycles. The first-order valence-corrected chi connectivity index (χ1v) is 4.62. The number of nitrogens with two attached hydrogens (primary N) is 1. The van der Waals surface area contributed by atoms with Gasteiger partial charge in [0, 0.05) is 13.1 Å². The zero-order valence-corrected chi connectivity index (χ0v) is 7.70. The first-order chi connectivity index (χ1) is 6.24. The van der Waals surface area contributed by atoms with Crippen molar-refractivity contribution in [1.29, 1.82) is 0 Å². The summed E-state index contributed by atoms with van der Waals surface area (Å²) in [6.45, 7) is 3.41. The molecule has 0 spiro atoms. The molecule has 1 heterocycles. The molecule has 0 saturated carbocycles. The monoisotopic (exact) mass is 187 g/mol. The first kappa shape index (κ1) is 10.4. The fraction of sp³-hybridized carbons (Fsp3) is 0.875. The predicted molar refractivity (Wildman–Crippen MR) is 49.0 cm³/mol. The van der Waals surface area contributed by atoms with E-state index in [0.29, 0.717) is 0 Å². The lowest BCUT2D eigenvalue weighted by molar-refractivity contribution is -0.143. The second-order valence-electron chi connectivity index (χ2n) is 3.41. The van der Waals surface area contributed by atoms with E-state index in [9.17, 15) is 4.79 Å². The van der Waals surface area contributed by atoms with E-state index in [2.05, 4.69) is 10.3 Å². The summed E-state index contributed by atoms with van der Waals surface area (Å²) >= 11 is 0. The minimum absolute atomic E-state index is 0.137. The number of nitrogens with zero attached hydrogens (tertiary/aromatic N) is 1. The van der Waals surface area contributed by atoms with Gasteiger partial charge in [-0.25, -0.2) is 0 Å². The molecule has 0 radical (unpaired) electrons. The number of likely N-dealkylation sites (tertiary alicyclic amines) is 1. The summed E-state index contributed by atoms with van der Waals surface area (Å²) in [5.41, 5.74) is 2.59. The Labute approximate surface area is 77.9 Å². The Bertz CT molecular complexity index is 167. The minimum atomic E-state index is -0.656. The van der Waals surface area contributed by atoms with Crippen molar-refractivity contribution in [3.05, 3.63) is 0 Å². The number of piperidine rings is 1. The molecule has 0 aromatic heterocycles. The lowest BCUT2D eigenvalue weighted by Gasteiger charge is -2.29. The standard InChI is InChI=1S/C8H17N3O2/c9-10-3-6-11-4-1-7(2-5-11)8(12)13/h7,10H,1-6,9H2,(H,12,13). The zero-order valence-electron chi connectivity index (χ0n) is 7.70. The molecule has 0 amide bonds. The molecule has 0 bridgehead atoms. The summed E-state index contributed by atoms with van der Waals surface area (Å²) in [4.78, 5) is 12.9. The minimum Gasteiger partial charge on any atom is -0.481 e. The molecule has 5 nitrogen and oxygen atoms in total. The van der Waals surface area contributed by atoms with Gasteiger partial charge in [-0.3, -0.25) is 16.1 Å². The van der Waals surface area contributed by atoms with E-state index in [-0.39, 0.29) is 5.92 Å². The third kappa shape index (κ3) is 3.30. The van der Waals surface area contributed by atoms with Gasteiger partial charge in [0.15, 0.2) is 0 Å². The lowest BCUT2D eigenvalue weighted by Crippen LogP contribution is -2.41. The van der Waals surface area contributed by atoms with Crippen LogP contribution in [0.3, 0.4) is 0 Å². The van der Waals surface area contributed by atoms with Gasteiger partial charge in [-0.05, 0) is 25.9 Å². The summed E-state index contributed by atoms with van der Waals surface area (Å²) in [5.74, 6) is 4.36. The van der Waals surface area contributed by atoms with Crippen molar-refractivity contribution in [2.24, 2.45) is 11.8 Å². The van der Waals surface area contributed by atoms with Crippen LogP contribution in [0.25, 0.3) is 0 Å². The van der Waals surface area contributed by atoms with Gasteiger partial charge in [0.25, 0.3) is 0 Å². The molecule has 1 fully saturated rings. The molecular weight excluding hydrogens is 170 g/mol. The molecular formula is C8H17N3O2. The van der Waals surface area contributed by atoms with E-state index in [0.717, 1.165) is 39.0 Å². The Balaban J connectivity index is 2.18. The van der Waals surface area contributed by atoms with Crippen LogP contribution in [0.4, 0.5) is 0 Å². The topological polar surface area (TPSA) is 78.6 Å². The van der Waals surface area contributed by atoms with Crippen molar-refractivity contribution in [2.45, 2.75) is 12.8 Å². The van der Waals surface area contributed by atoms with Gasteiger partial charge in [0.2, 0.25) is 0 Å². The average Bonchev–Trinajstić information content (AvgIpc) is 2.15. The van der Waals surface area contributed by atoms with Gasteiger partial charge >= 0.3 is 5.97 Å². The summed E-state index contributed by atoms with van der Waals surface area (Å²) in [6, 6.07) is 0. The predicted octanol–water partition coefficient (Wildman–Crippen LogP) is -0.754. The van der Waals surface area contributed by atoms with Gasteiger partial charge in [0.05, 0.1) is 5.92 Å². The SMILES string of the molecule is NNCCN1CCC(C(=O)O)CC1. The van der Waals surface area contributed by atoms with Crippen molar-refractivity contribution in [3.8, 4) is 0 Å². The Morgan fingerprint density at radius 1 is 1.54 bits per heavy atom. The van der Waals surface area contributed by atoms with Crippen molar-refractivity contribution in [2.75, 3.05) is 26.2 Å². The highest BCUT2D eigenvalue weighted by molar-refractivity contribution is 5.70. The van der Waals surface area contributed by atoms with Crippen molar-refractivity contribution >= 4 is 5.97 Å². The molecule has 1 rings (SSSR count). The summed E-state index contributed by atoms with van der Waals surface area (Å²) in [6.07, 6.45) is 1.53. The number of carbonyl (C=O) groups is 1. The largest absolute Gasteiger partial charge is 0.481 e. The second-order valence-corrected chi connectivity index (χ2v) is 3.41. The number of carboxylic acids is 1. The Kier molecular flexibility index (Phi) is 4.14. The maximum Gasteiger partial charge on any atom is 0.306 e. The number of aliphatic carboxylic acids is 1.